The molecule has 124 valence electrons. The van der Waals surface area contributed by atoms with E-state index in [2.05, 4.69) is 10.1 Å². The zero-order valence-corrected chi connectivity index (χ0v) is 13.7. The number of hydrogen-bond acceptors (Lipinski definition) is 4. The minimum absolute atomic E-state index is 0.0485. The Kier molecular flexibility index (Phi) is 6.06. The number of thiophene rings is 1. The fourth-order valence-electron chi connectivity index (χ4n) is 2.07. The van der Waals surface area contributed by atoms with E-state index in [-0.39, 0.29) is 23.9 Å². The molecule has 2 aromatic rings. The Labute approximate surface area is 137 Å². The second kappa shape index (κ2) is 8.03. The van der Waals surface area contributed by atoms with E-state index in [4.69, 9.17) is 0 Å². The van der Waals surface area contributed by atoms with E-state index in [0.29, 0.717) is 6.54 Å². The number of nitrogens with one attached hydrogen (secondary N) is 1. The normalized spacial score (nSPS) is 11.0. The quantitative estimate of drug-likeness (QED) is 0.835. The van der Waals surface area contributed by atoms with E-state index in [1.807, 2.05) is 30.3 Å². The lowest BCUT2D eigenvalue weighted by Crippen LogP contribution is -2.30. The zero-order chi connectivity index (χ0) is 16.8. The van der Waals surface area contributed by atoms with E-state index < -0.39 is 6.61 Å². The van der Waals surface area contributed by atoms with Crippen LogP contribution in [0.3, 0.4) is 0 Å². The number of nitrogens with zero attached hydrogens (tertiary/aromatic N) is 1. The zero-order valence-electron chi connectivity index (χ0n) is 12.9. The van der Waals surface area contributed by atoms with Gasteiger partial charge in [0.1, 0.15) is 5.75 Å². The Balaban J connectivity index is 1.93. The molecule has 0 unspecified atom stereocenters. The molecular weight excluding hydrogens is 322 g/mol. The smallest absolute Gasteiger partial charge is 0.387 e. The summed E-state index contributed by atoms with van der Waals surface area (Å²) in [5.74, 6) is -0.334. The van der Waals surface area contributed by atoms with Gasteiger partial charge in [0.25, 0.3) is 0 Å². The number of alkyl halides is 2. The highest BCUT2D eigenvalue weighted by molar-refractivity contribution is 7.10. The van der Waals surface area contributed by atoms with Gasteiger partial charge in [-0.05, 0) is 43.1 Å². The molecule has 0 fully saturated rings. The third-order valence-electron chi connectivity index (χ3n) is 3.17. The molecule has 1 N–H and O–H groups in total. The Morgan fingerprint density at radius 2 is 2.09 bits per heavy atom. The highest BCUT2D eigenvalue weighted by Gasteiger charge is 2.13. The molecular formula is C16H18F2N2O2S. The van der Waals surface area contributed by atoms with Crippen molar-refractivity contribution in [3.63, 3.8) is 0 Å². The van der Waals surface area contributed by atoms with Gasteiger partial charge in [0.15, 0.2) is 0 Å². The maximum absolute atomic E-state index is 12.4. The van der Waals surface area contributed by atoms with E-state index in [0.717, 1.165) is 0 Å². The van der Waals surface area contributed by atoms with Crippen molar-refractivity contribution in [2.75, 3.05) is 18.9 Å². The molecule has 0 aliphatic rings. The predicted octanol–water partition coefficient (Wildman–Crippen LogP) is 3.73. The predicted molar refractivity (Wildman–Crippen MR) is 87.1 cm³/mol. The standard InChI is InChI=1S/C16H18F2N2O2S/c1-11-7-8-23-14(11)9-20(2)10-15(21)19-12-5-3-4-6-13(12)22-16(17)18/h3-8,16H,9-10H2,1-2H3,(H,19,21). The van der Waals surface area contributed by atoms with Gasteiger partial charge in [0.05, 0.1) is 12.2 Å². The van der Waals surface area contributed by atoms with Crippen molar-refractivity contribution in [2.24, 2.45) is 0 Å². The average molecular weight is 340 g/mol. The number of carbonyl (C=O) groups is 1. The number of ether oxygens (including phenoxy) is 1. The number of likely N-dealkylation sites (N-methyl/N-ethyl adjacent to an activating group) is 1. The van der Waals surface area contributed by atoms with Crippen molar-refractivity contribution in [2.45, 2.75) is 20.1 Å². The van der Waals surface area contributed by atoms with Gasteiger partial charge in [0.2, 0.25) is 5.91 Å². The fraction of sp³-hybridized carbons (Fsp3) is 0.312. The van der Waals surface area contributed by atoms with E-state index in [9.17, 15) is 13.6 Å². The van der Waals surface area contributed by atoms with Crippen LogP contribution in [-0.4, -0.2) is 31.0 Å². The summed E-state index contributed by atoms with van der Waals surface area (Å²) in [7, 11) is 1.83. The minimum atomic E-state index is -2.93. The molecule has 0 atom stereocenters. The third kappa shape index (κ3) is 5.30. The molecule has 7 heteroatoms. The number of hydrogen-bond donors (Lipinski definition) is 1. The highest BCUT2D eigenvalue weighted by atomic mass is 32.1. The van der Waals surface area contributed by atoms with Crippen molar-refractivity contribution in [1.29, 1.82) is 0 Å². The Morgan fingerprint density at radius 1 is 1.35 bits per heavy atom. The SMILES string of the molecule is Cc1ccsc1CN(C)CC(=O)Nc1ccccc1OC(F)F. The summed E-state index contributed by atoms with van der Waals surface area (Å²) >= 11 is 1.64. The van der Waals surface area contributed by atoms with Gasteiger partial charge in [-0.1, -0.05) is 12.1 Å². The first-order valence-corrected chi connectivity index (χ1v) is 7.89. The number of carbonyl (C=O) groups excluding carboxylic acids is 1. The number of benzene rings is 1. The highest BCUT2D eigenvalue weighted by Crippen LogP contribution is 2.25. The summed E-state index contributed by atoms with van der Waals surface area (Å²) in [5, 5.41) is 4.62. The van der Waals surface area contributed by atoms with Gasteiger partial charge in [-0.2, -0.15) is 8.78 Å². The topological polar surface area (TPSA) is 41.6 Å². The molecule has 23 heavy (non-hydrogen) atoms. The molecule has 0 saturated carbocycles. The first kappa shape index (κ1) is 17.4. The first-order chi connectivity index (χ1) is 11.0. The third-order valence-corrected chi connectivity index (χ3v) is 4.18. The van der Waals surface area contributed by atoms with Crippen LogP contribution in [-0.2, 0) is 11.3 Å². The first-order valence-electron chi connectivity index (χ1n) is 7.01. The van der Waals surface area contributed by atoms with Crippen LogP contribution in [0.4, 0.5) is 14.5 Å². The van der Waals surface area contributed by atoms with Gasteiger partial charge < -0.3 is 10.1 Å². The van der Waals surface area contributed by atoms with Crippen molar-refractivity contribution in [1.82, 2.24) is 4.90 Å². The number of para-hydroxylation sites is 2. The van der Waals surface area contributed by atoms with Gasteiger partial charge in [-0.3, -0.25) is 9.69 Å². The number of anilines is 1. The monoisotopic (exact) mass is 340 g/mol. The van der Waals surface area contributed by atoms with Crippen molar-refractivity contribution < 1.29 is 18.3 Å². The van der Waals surface area contributed by atoms with E-state index in [1.54, 1.807) is 23.5 Å². The van der Waals surface area contributed by atoms with E-state index >= 15 is 0 Å². The molecule has 0 aliphatic carbocycles. The summed E-state index contributed by atoms with van der Waals surface area (Å²) in [6.45, 7) is -0.0954. The Morgan fingerprint density at radius 3 is 2.74 bits per heavy atom. The van der Waals surface area contributed by atoms with Crippen LogP contribution in [0.15, 0.2) is 35.7 Å². The second-order valence-electron chi connectivity index (χ2n) is 5.12. The fourth-order valence-corrected chi connectivity index (χ4v) is 3.06. The molecule has 0 radical (unpaired) electrons. The molecule has 1 aromatic heterocycles. The molecule has 0 aliphatic heterocycles. The molecule has 0 bridgehead atoms. The second-order valence-corrected chi connectivity index (χ2v) is 6.12. The number of aryl methyl sites for hydroxylation is 1. The van der Waals surface area contributed by atoms with Gasteiger partial charge in [0, 0.05) is 11.4 Å². The van der Waals surface area contributed by atoms with E-state index in [1.165, 1.54) is 22.6 Å². The van der Waals surface area contributed by atoms with Crippen molar-refractivity contribution >= 4 is 22.9 Å². The lowest BCUT2D eigenvalue weighted by molar-refractivity contribution is -0.117. The van der Waals surface area contributed by atoms with Gasteiger partial charge in [-0.25, -0.2) is 0 Å². The molecule has 1 heterocycles. The summed E-state index contributed by atoms with van der Waals surface area (Å²) in [6, 6.07) is 8.16. The van der Waals surface area contributed by atoms with Crippen molar-refractivity contribution in [3.05, 3.63) is 46.2 Å². The number of amides is 1. The average Bonchev–Trinajstić information content (AvgIpc) is 2.85. The maximum Gasteiger partial charge on any atom is 0.387 e. The van der Waals surface area contributed by atoms with Crippen LogP contribution < -0.4 is 10.1 Å². The summed E-state index contributed by atoms with van der Waals surface area (Å²) in [4.78, 5) is 15.1. The summed E-state index contributed by atoms with van der Waals surface area (Å²) in [6.07, 6.45) is 0. The molecule has 4 nitrogen and oxygen atoms in total. The maximum atomic E-state index is 12.4. The summed E-state index contributed by atoms with van der Waals surface area (Å²) in [5.41, 5.74) is 1.43. The van der Waals surface area contributed by atoms with Crippen LogP contribution in [0.1, 0.15) is 10.4 Å². The molecule has 0 spiro atoms. The van der Waals surface area contributed by atoms with Gasteiger partial charge in [-0.15, -0.1) is 11.3 Å². The molecule has 1 aromatic carbocycles. The molecule has 1 amide bonds. The molecule has 2 rings (SSSR count). The summed E-state index contributed by atoms with van der Waals surface area (Å²) < 4.78 is 29.1. The van der Waals surface area contributed by atoms with Crippen LogP contribution in [0.5, 0.6) is 5.75 Å². The van der Waals surface area contributed by atoms with Crippen molar-refractivity contribution in [3.8, 4) is 5.75 Å². The number of halogens is 2. The van der Waals surface area contributed by atoms with Crippen LogP contribution in [0, 0.1) is 6.92 Å². The Bertz CT molecular complexity index is 661. The number of rotatable bonds is 7. The van der Waals surface area contributed by atoms with Crippen LogP contribution in [0.25, 0.3) is 0 Å². The van der Waals surface area contributed by atoms with Gasteiger partial charge >= 0.3 is 6.61 Å². The molecule has 0 saturated heterocycles. The minimum Gasteiger partial charge on any atom is -0.433 e. The Hall–Kier alpha value is -1.99. The lowest BCUT2D eigenvalue weighted by atomic mass is 10.2. The largest absolute Gasteiger partial charge is 0.433 e. The van der Waals surface area contributed by atoms with Crippen LogP contribution >= 0.6 is 11.3 Å². The van der Waals surface area contributed by atoms with Crippen LogP contribution in [0.2, 0.25) is 0 Å². The lowest BCUT2D eigenvalue weighted by Gasteiger charge is -2.17.